The van der Waals surface area contributed by atoms with E-state index in [2.05, 4.69) is 0 Å². The Morgan fingerprint density at radius 2 is 0.636 bits per heavy atom. The van der Waals surface area contributed by atoms with E-state index < -0.39 is 15.6 Å². The van der Waals surface area contributed by atoms with Crippen molar-refractivity contribution in [3.63, 3.8) is 0 Å². The van der Waals surface area contributed by atoms with Crippen LogP contribution in [0.5, 0.6) is 0 Å². The van der Waals surface area contributed by atoms with Gasteiger partial charge in [0.1, 0.15) is 0 Å². The van der Waals surface area contributed by atoms with E-state index in [1.54, 1.807) is 0 Å². The van der Waals surface area contributed by atoms with Gasteiger partial charge in [0.25, 0.3) is 0 Å². The molecule has 11 heteroatoms. The zero-order chi connectivity index (χ0) is 9.00. The molecular formula is H6CeO8P2. The van der Waals surface area contributed by atoms with Crippen molar-refractivity contribution in [2.45, 2.75) is 0 Å². The summed E-state index contributed by atoms with van der Waals surface area (Å²) in [6.07, 6.45) is 0. The molecule has 0 amide bonds. The van der Waals surface area contributed by atoms with Crippen LogP contribution in [0.15, 0.2) is 0 Å². The van der Waals surface area contributed by atoms with Crippen LogP contribution in [0.3, 0.4) is 0 Å². The van der Waals surface area contributed by atoms with E-state index in [4.69, 9.17) is 38.5 Å². The van der Waals surface area contributed by atoms with Crippen LogP contribution in [0.25, 0.3) is 0 Å². The van der Waals surface area contributed by atoms with Crippen molar-refractivity contribution < 1.29 is 80.2 Å². The number of phosphoric acid groups is 2. The van der Waals surface area contributed by atoms with Gasteiger partial charge in [-0.3, -0.25) is 0 Å². The van der Waals surface area contributed by atoms with Gasteiger partial charge >= 0.3 is 15.6 Å². The Labute approximate surface area is 95.1 Å². The van der Waals surface area contributed by atoms with E-state index in [1.165, 1.54) is 0 Å². The normalized spacial score (nSPS) is 10.7. The first-order valence-electron chi connectivity index (χ1n) is 1.57. The smallest absolute Gasteiger partial charge is 0.303 e. The van der Waals surface area contributed by atoms with E-state index in [9.17, 15) is 0 Å². The molecule has 0 aliphatic rings. The molecule has 0 saturated heterocycles. The van der Waals surface area contributed by atoms with Gasteiger partial charge in [0.05, 0.1) is 0 Å². The average molecular weight is 336 g/mol. The summed E-state index contributed by atoms with van der Waals surface area (Å²) in [6.45, 7) is 0. The van der Waals surface area contributed by atoms with E-state index in [1.807, 2.05) is 0 Å². The van der Waals surface area contributed by atoms with Crippen LogP contribution in [0.2, 0.25) is 0 Å². The summed E-state index contributed by atoms with van der Waals surface area (Å²) < 4.78 is 17.8. The van der Waals surface area contributed by atoms with Crippen molar-refractivity contribution in [2.24, 2.45) is 0 Å². The predicted molar refractivity (Wildman–Crippen MR) is 28.5 cm³/mol. The third-order valence-corrected chi connectivity index (χ3v) is 0. The third kappa shape index (κ3) is 419. The van der Waals surface area contributed by atoms with Crippen molar-refractivity contribution in [3.05, 3.63) is 0 Å². The molecule has 0 bridgehead atoms. The summed E-state index contributed by atoms with van der Waals surface area (Å²) in [6, 6.07) is 0. The van der Waals surface area contributed by atoms with Gasteiger partial charge in [0, 0.05) is 41.7 Å². The zero-order valence-electron chi connectivity index (χ0n) is 4.89. The molecule has 11 heavy (non-hydrogen) atoms. The third-order valence-electron chi connectivity index (χ3n) is 0. The molecule has 0 aromatic carbocycles. The Morgan fingerprint density at radius 3 is 0.636 bits per heavy atom. The Balaban J connectivity index is -0.000000107. The first-order valence-corrected chi connectivity index (χ1v) is 4.70. The first-order chi connectivity index (χ1) is 4.00. The molecule has 0 rings (SSSR count). The maximum atomic E-state index is 8.88. The molecule has 0 aromatic heterocycles. The Morgan fingerprint density at radius 1 is 0.636 bits per heavy atom. The second-order valence-electron chi connectivity index (χ2n) is 1.03. The minimum atomic E-state index is -4.64. The maximum absolute atomic E-state index is 8.88. The Hall–Kier alpha value is 1.60. The summed E-state index contributed by atoms with van der Waals surface area (Å²) in [4.78, 5) is 43.1. The topological polar surface area (TPSA) is 156 Å². The van der Waals surface area contributed by atoms with Crippen LogP contribution in [-0.2, 0) is 9.13 Å². The molecule has 0 aromatic rings. The minimum Gasteiger partial charge on any atom is -0.303 e. The zero-order valence-corrected chi connectivity index (χ0v) is 9.82. The molecule has 68 valence electrons. The van der Waals surface area contributed by atoms with Gasteiger partial charge in [-0.2, -0.15) is 0 Å². The van der Waals surface area contributed by atoms with Crippen molar-refractivity contribution in [2.75, 3.05) is 0 Å². The summed E-state index contributed by atoms with van der Waals surface area (Å²) in [7, 11) is -9.28. The summed E-state index contributed by atoms with van der Waals surface area (Å²) in [5.41, 5.74) is 0. The quantitative estimate of drug-likeness (QED) is 0.281. The van der Waals surface area contributed by atoms with Gasteiger partial charge in [-0.05, 0) is 0 Å². The van der Waals surface area contributed by atoms with E-state index in [0.29, 0.717) is 0 Å². The summed E-state index contributed by atoms with van der Waals surface area (Å²) in [5, 5.41) is 0. The van der Waals surface area contributed by atoms with Gasteiger partial charge in [0.2, 0.25) is 0 Å². The molecule has 0 aliphatic heterocycles. The molecule has 0 radical (unpaired) electrons. The molecule has 8 nitrogen and oxygen atoms in total. The van der Waals surface area contributed by atoms with Gasteiger partial charge < -0.3 is 29.4 Å². The van der Waals surface area contributed by atoms with Gasteiger partial charge in [-0.25, -0.2) is 9.13 Å². The van der Waals surface area contributed by atoms with E-state index in [0.717, 1.165) is 0 Å². The molecule has 0 saturated carbocycles. The number of hydrogen-bond donors (Lipinski definition) is 6. The van der Waals surface area contributed by atoms with Crippen LogP contribution in [0.1, 0.15) is 0 Å². The van der Waals surface area contributed by atoms with Crippen LogP contribution < -0.4 is 0 Å². The molecular weight excluding hydrogens is 330 g/mol. The SMILES string of the molecule is O=P(O)(O)O.O=P(O)(O)O.[Ce]. The van der Waals surface area contributed by atoms with Crippen LogP contribution in [0, 0.1) is 41.7 Å². The van der Waals surface area contributed by atoms with E-state index in [-0.39, 0.29) is 41.7 Å². The Bertz CT molecular complexity index is 124. The van der Waals surface area contributed by atoms with E-state index >= 15 is 0 Å². The molecule has 0 heterocycles. The fourth-order valence-electron chi connectivity index (χ4n) is 0. The van der Waals surface area contributed by atoms with Gasteiger partial charge in [-0.15, -0.1) is 0 Å². The average Bonchev–Trinajstić information content (AvgIpc) is 1.12. The minimum absolute atomic E-state index is 0. The molecule has 0 unspecified atom stereocenters. The molecule has 6 N–H and O–H groups in total. The van der Waals surface area contributed by atoms with Crippen molar-refractivity contribution in [1.29, 1.82) is 0 Å². The van der Waals surface area contributed by atoms with Crippen LogP contribution >= 0.6 is 15.6 Å². The maximum Gasteiger partial charge on any atom is 0.466 e. The first kappa shape index (κ1) is 18.4. The van der Waals surface area contributed by atoms with Crippen molar-refractivity contribution in [3.8, 4) is 0 Å². The van der Waals surface area contributed by atoms with Crippen LogP contribution in [0.4, 0.5) is 0 Å². The van der Waals surface area contributed by atoms with Crippen molar-refractivity contribution >= 4 is 15.6 Å². The molecule has 0 aliphatic carbocycles. The Kier molecular flexibility index (Phi) is 11.8. The largest absolute Gasteiger partial charge is 0.466 e. The fourth-order valence-corrected chi connectivity index (χ4v) is 0. The summed E-state index contributed by atoms with van der Waals surface area (Å²) in [5.74, 6) is 0. The van der Waals surface area contributed by atoms with Crippen LogP contribution in [-0.4, -0.2) is 29.4 Å². The predicted octanol–water partition coefficient (Wildman–Crippen LogP) is -1.86. The van der Waals surface area contributed by atoms with Gasteiger partial charge in [0.15, 0.2) is 0 Å². The second kappa shape index (κ2) is 7.04. The number of hydrogen-bond acceptors (Lipinski definition) is 2. The summed E-state index contributed by atoms with van der Waals surface area (Å²) >= 11 is 0. The number of rotatable bonds is 0. The van der Waals surface area contributed by atoms with Gasteiger partial charge in [-0.1, -0.05) is 0 Å². The molecule has 0 fully saturated rings. The fraction of sp³-hybridized carbons (Fsp3) is 0. The second-order valence-corrected chi connectivity index (χ2v) is 3.08. The monoisotopic (exact) mass is 336 g/mol. The molecule has 0 atom stereocenters. The standard InChI is InChI=1S/Ce.2H3O4P/c;2*1-5(2,3)4/h;2*(H3,1,2,3,4). The van der Waals surface area contributed by atoms with Crippen molar-refractivity contribution in [1.82, 2.24) is 0 Å². The molecule has 0 spiro atoms.